The molecule has 0 aliphatic rings. The largest absolute Gasteiger partial charge is 0.380 e. The molecule has 3 N–H and O–H groups in total. The van der Waals surface area contributed by atoms with Crippen LogP contribution in [0.5, 0.6) is 0 Å². The van der Waals surface area contributed by atoms with Gasteiger partial charge in [-0.25, -0.2) is 0 Å². The van der Waals surface area contributed by atoms with Crippen LogP contribution in [0.4, 0.5) is 5.69 Å². The second-order valence-corrected chi connectivity index (χ2v) is 6.11. The van der Waals surface area contributed by atoms with E-state index in [1.54, 1.807) is 13.2 Å². The third kappa shape index (κ3) is 6.93. The Kier molecular flexibility index (Phi) is 9.33. The topological polar surface area (TPSA) is 66.3 Å². The number of benzene rings is 1. The Morgan fingerprint density at radius 1 is 1.16 bits per heavy atom. The number of guanidine groups is 1. The van der Waals surface area contributed by atoms with Crippen LogP contribution in [0, 0.1) is 5.92 Å². The molecule has 2 rings (SSSR count). The molecule has 0 bridgehead atoms. The summed E-state index contributed by atoms with van der Waals surface area (Å²) in [6, 6.07) is 12.6. The maximum atomic E-state index is 4.29. The predicted molar refractivity (Wildman–Crippen MR) is 116 cm³/mol. The van der Waals surface area contributed by atoms with Gasteiger partial charge in [-0.2, -0.15) is 5.10 Å². The van der Waals surface area contributed by atoms with E-state index in [1.165, 1.54) is 0 Å². The minimum Gasteiger partial charge on any atom is -0.380 e. The van der Waals surface area contributed by atoms with Crippen LogP contribution in [0.2, 0.25) is 0 Å². The van der Waals surface area contributed by atoms with Crippen molar-refractivity contribution in [1.29, 1.82) is 0 Å². The monoisotopic (exact) mass is 456 g/mol. The Balaban J connectivity index is 0.00000312. The van der Waals surface area contributed by atoms with Gasteiger partial charge >= 0.3 is 0 Å². The van der Waals surface area contributed by atoms with Gasteiger partial charge in [-0.15, -0.1) is 24.0 Å². The van der Waals surface area contributed by atoms with Crippen LogP contribution in [0.3, 0.4) is 0 Å². The van der Waals surface area contributed by atoms with Gasteiger partial charge in [-0.1, -0.05) is 32.0 Å². The summed E-state index contributed by atoms with van der Waals surface area (Å²) in [5.74, 6) is 1.28. The fraction of sp³-hybridized carbons (Fsp3) is 0.444. The number of aryl methyl sites for hydroxylation is 1. The Morgan fingerprint density at radius 3 is 2.44 bits per heavy atom. The molecule has 1 aromatic heterocycles. The number of aromatic nitrogens is 2. The van der Waals surface area contributed by atoms with Crippen LogP contribution < -0.4 is 16.0 Å². The van der Waals surface area contributed by atoms with Crippen molar-refractivity contribution >= 4 is 35.6 Å². The molecule has 0 aliphatic carbocycles. The zero-order valence-electron chi connectivity index (χ0n) is 15.4. The lowest BCUT2D eigenvalue weighted by Gasteiger charge is -2.25. The van der Waals surface area contributed by atoms with E-state index in [0.29, 0.717) is 18.5 Å². The molecule has 1 unspecified atom stereocenters. The number of nitrogens with one attached hydrogen (secondary N) is 3. The summed E-state index contributed by atoms with van der Waals surface area (Å²) in [6.07, 6.45) is 1.80. The number of nitrogens with zero attached hydrogens (tertiary/aromatic N) is 3. The van der Waals surface area contributed by atoms with Crippen molar-refractivity contribution in [1.82, 2.24) is 20.4 Å². The van der Waals surface area contributed by atoms with Crippen molar-refractivity contribution in [3.05, 3.63) is 48.3 Å². The summed E-state index contributed by atoms with van der Waals surface area (Å²) in [6.45, 7) is 5.91. The van der Waals surface area contributed by atoms with E-state index in [2.05, 4.69) is 52.0 Å². The number of hydrogen-bond donors (Lipinski definition) is 3. The molecule has 7 heteroatoms. The van der Waals surface area contributed by atoms with Gasteiger partial charge in [0.1, 0.15) is 0 Å². The number of hydrogen-bond acceptors (Lipinski definition) is 3. The van der Waals surface area contributed by atoms with Crippen LogP contribution >= 0.6 is 24.0 Å². The highest BCUT2D eigenvalue weighted by Crippen LogP contribution is 2.11. The first-order chi connectivity index (χ1) is 11.6. The first-order valence-corrected chi connectivity index (χ1v) is 8.33. The molecule has 0 spiro atoms. The predicted octanol–water partition coefficient (Wildman–Crippen LogP) is 2.84. The Hall–Kier alpha value is -1.77. The summed E-state index contributed by atoms with van der Waals surface area (Å²) in [4.78, 5) is 4.29. The van der Waals surface area contributed by atoms with Gasteiger partial charge in [0, 0.05) is 38.6 Å². The number of anilines is 1. The molecule has 0 radical (unpaired) electrons. The Bertz CT molecular complexity index is 638. The van der Waals surface area contributed by atoms with Crippen LogP contribution in [0.15, 0.2) is 47.6 Å². The van der Waals surface area contributed by atoms with Crippen LogP contribution in [0.25, 0.3) is 0 Å². The van der Waals surface area contributed by atoms with E-state index < -0.39 is 0 Å². The smallest absolute Gasteiger partial charge is 0.191 e. The quantitative estimate of drug-likeness (QED) is 0.341. The van der Waals surface area contributed by atoms with Crippen LogP contribution in [0.1, 0.15) is 19.5 Å². The Morgan fingerprint density at radius 2 is 1.88 bits per heavy atom. The lowest BCUT2D eigenvalue weighted by atomic mass is 10.0. The molecule has 0 amide bonds. The minimum atomic E-state index is 0. The van der Waals surface area contributed by atoms with Gasteiger partial charge in [0.25, 0.3) is 0 Å². The van der Waals surface area contributed by atoms with Crippen molar-refractivity contribution in [2.24, 2.45) is 18.0 Å². The SMILES string of the molecule is CN=C(NCc1ccnn1C)NCC(Nc1ccccc1)C(C)C.I. The van der Waals surface area contributed by atoms with Gasteiger partial charge in [0.2, 0.25) is 0 Å². The second-order valence-electron chi connectivity index (χ2n) is 6.11. The highest BCUT2D eigenvalue weighted by atomic mass is 127. The normalized spacial score (nSPS) is 12.4. The van der Waals surface area contributed by atoms with E-state index in [-0.39, 0.29) is 24.0 Å². The number of para-hydroxylation sites is 1. The molecule has 0 fully saturated rings. The van der Waals surface area contributed by atoms with Gasteiger partial charge in [-0.3, -0.25) is 9.67 Å². The Labute approximate surface area is 167 Å². The van der Waals surface area contributed by atoms with Crippen LogP contribution in [-0.4, -0.2) is 35.4 Å². The van der Waals surface area contributed by atoms with Crippen molar-refractivity contribution in [2.75, 3.05) is 18.9 Å². The van der Waals surface area contributed by atoms with E-state index >= 15 is 0 Å². The maximum absolute atomic E-state index is 4.29. The fourth-order valence-electron chi connectivity index (χ4n) is 2.38. The molecule has 25 heavy (non-hydrogen) atoms. The zero-order chi connectivity index (χ0) is 17.4. The summed E-state index contributed by atoms with van der Waals surface area (Å²) in [5.41, 5.74) is 2.25. The summed E-state index contributed by atoms with van der Waals surface area (Å²) >= 11 is 0. The average Bonchev–Trinajstić information content (AvgIpc) is 2.99. The molecule has 138 valence electrons. The third-order valence-electron chi connectivity index (χ3n) is 4.00. The minimum absolute atomic E-state index is 0. The van der Waals surface area contributed by atoms with Crippen molar-refractivity contribution in [3.63, 3.8) is 0 Å². The lowest BCUT2D eigenvalue weighted by Crippen LogP contribution is -2.44. The molecular weight excluding hydrogens is 427 g/mol. The van der Waals surface area contributed by atoms with Gasteiger partial charge in [0.15, 0.2) is 5.96 Å². The second kappa shape index (κ2) is 11.0. The molecule has 0 aliphatic heterocycles. The molecule has 1 heterocycles. The zero-order valence-corrected chi connectivity index (χ0v) is 17.7. The third-order valence-corrected chi connectivity index (χ3v) is 4.00. The van der Waals surface area contributed by atoms with Crippen molar-refractivity contribution in [3.8, 4) is 0 Å². The first-order valence-electron chi connectivity index (χ1n) is 8.33. The van der Waals surface area contributed by atoms with Gasteiger partial charge < -0.3 is 16.0 Å². The first kappa shape index (κ1) is 21.3. The number of aliphatic imine (C=N–C) groups is 1. The number of rotatable bonds is 7. The molecule has 1 atom stereocenters. The van der Waals surface area contributed by atoms with Crippen LogP contribution in [-0.2, 0) is 13.6 Å². The summed E-state index contributed by atoms with van der Waals surface area (Å²) in [5, 5.41) is 14.5. The molecule has 0 saturated heterocycles. The summed E-state index contributed by atoms with van der Waals surface area (Å²) in [7, 11) is 3.72. The number of halogens is 1. The van der Waals surface area contributed by atoms with E-state index in [9.17, 15) is 0 Å². The molecule has 0 saturated carbocycles. The molecule has 2 aromatic rings. The summed E-state index contributed by atoms with van der Waals surface area (Å²) < 4.78 is 1.86. The highest BCUT2D eigenvalue weighted by Gasteiger charge is 2.13. The maximum Gasteiger partial charge on any atom is 0.191 e. The van der Waals surface area contributed by atoms with E-state index in [0.717, 1.165) is 23.9 Å². The highest BCUT2D eigenvalue weighted by molar-refractivity contribution is 14.0. The lowest BCUT2D eigenvalue weighted by molar-refractivity contribution is 0.512. The van der Waals surface area contributed by atoms with E-state index in [4.69, 9.17) is 0 Å². The molecule has 1 aromatic carbocycles. The van der Waals surface area contributed by atoms with Gasteiger partial charge in [0.05, 0.1) is 12.2 Å². The van der Waals surface area contributed by atoms with Crippen molar-refractivity contribution in [2.45, 2.75) is 26.4 Å². The van der Waals surface area contributed by atoms with Crippen molar-refractivity contribution < 1.29 is 0 Å². The van der Waals surface area contributed by atoms with E-state index in [1.807, 2.05) is 36.0 Å². The van der Waals surface area contributed by atoms with Gasteiger partial charge in [-0.05, 0) is 24.1 Å². The standard InChI is InChI=1S/C18H28N6.HI/c1-14(2)17(23-15-8-6-5-7-9-15)13-21-18(19-3)20-12-16-10-11-22-24(16)4;/h5-11,14,17,23H,12-13H2,1-4H3,(H2,19,20,21);1H. The molecular formula is C18H29IN6. The molecule has 6 nitrogen and oxygen atoms in total. The average molecular weight is 456 g/mol. The fourth-order valence-corrected chi connectivity index (χ4v) is 2.38.